The van der Waals surface area contributed by atoms with Crippen molar-refractivity contribution < 1.29 is 9.21 Å². The van der Waals surface area contributed by atoms with Crippen molar-refractivity contribution >= 4 is 17.7 Å². The van der Waals surface area contributed by atoms with E-state index in [-0.39, 0.29) is 17.2 Å². The zero-order chi connectivity index (χ0) is 18.5. The maximum Gasteiger partial charge on any atom is 0.261 e. The summed E-state index contributed by atoms with van der Waals surface area (Å²) in [6.07, 6.45) is 3.30. The molecular weight excluding hydrogens is 354 g/mol. The minimum absolute atomic E-state index is 0.113. The Bertz CT molecular complexity index is 946. The molecule has 1 N–H and O–H groups in total. The van der Waals surface area contributed by atoms with Gasteiger partial charge in [-0.3, -0.25) is 9.59 Å². The van der Waals surface area contributed by atoms with Gasteiger partial charge in [0.2, 0.25) is 5.91 Å². The number of aryl methyl sites for hydroxylation is 1. The van der Waals surface area contributed by atoms with Crippen LogP contribution in [0, 0.1) is 0 Å². The fourth-order valence-electron chi connectivity index (χ4n) is 2.41. The highest BCUT2D eigenvalue weighted by atomic mass is 32.2. The second-order valence-electron chi connectivity index (χ2n) is 5.52. The number of nitrogens with one attached hydrogen (secondary N) is 1. The first kappa shape index (κ1) is 18.0. The molecule has 0 spiro atoms. The Kier molecular flexibility index (Phi) is 5.57. The van der Waals surface area contributed by atoms with Crippen molar-refractivity contribution in [3.63, 3.8) is 0 Å². The Labute approximate surface area is 154 Å². The van der Waals surface area contributed by atoms with Crippen LogP contribution in [0.3, 0.4) is 0 Å². The molecule has 1 amide bonds. The molecule has 0 atom stereocenters. The number of pyridine rings is 1. The molecule has 26 heavy (non-hydrogen) atoms. The Morgan fingerprint density at radius 2 is 2.15 bits per heavy atom. The summed E-state index contributed by atoms with van der Waals surface area (Å²) in [6.45, 7) is 2.84. The topological polar surface area (TPSA) is 94.9 Å². The third kappa shape index (κ3) is 3.88. The zero-order valence-electron chi connectivity index (χ0n) is 14.5. The summed E-state index contributed by atoms with van der Waals surface area (Å²) in [7, 11) is 1.78. The molecule has 3 aromatic rings. The maximum absolute atomic E-state index is 12.4. The van der Waals surface area contributed by atoms with Crippen LogP contribution in [0.1, 0.15) is 12.7 Å². The largest absolute Gasteiger partial charge is 0.467 e. The molecule has 0 fully saturated rings. The number of carbonyl (C=O) groups excluding carboxylic acids is 1. The van der Waals surface area contributed by atoms with Crippen LogP contribution in [-0.4, -0.2) is 31.0 Å². The lowest BCUT2D eigenvalue weighted by Crippen LogP contribution is -2.24. The summed E-state index contributed by atoms with van der Waals surface area (Å²) in [4.78, 5) is 24.4. The average Bonchev–Trinajstić information content (AvgIpc) is 3.28. The number of furan rings is 1. The Hall–Kier alpha value is -2.81. The van der Waals surface area contributed by atoms with Gasteiger partial charge in [-0.15, -0.1) is 10.2 Å². The highest BCUT2D eigenvalue weighted by molar-refractivity contribution is 7.99. The zero-order valence-corrected chi connectivity index (χ0v) is 15.3. The molecule has 0 radical (unpaired) electrons. The van der Waals surface area contributed by atoms with E-state index in [1.54, 1.807) is 46.8 Å². The van der Waals surface area contributed by atoms with Crippen LogP contribution in [0.25, 0.3) is 11.4 Å². The predicted molar refractivity (Wildman–Crippen MR) is 97.7 cm³/mol. The summed E-state index contributed by atoms with van der Waals surface area (Å²) in [5, 5.41) is 11.6. The highest BCUT2D eigenvalue weighted by Crippen LogP contribution is 2.20. The van der Waals surface area contributed by atoms with Gasteiger partial charge in [0.15, 0.2) is 11.0 Å². The van der Waals surface area contributed by atoms with E-state index in [9.17, 15) is 9.59 Å². The van der Waals surface area contributed by atoms with E-state index < -0.39 is 0 Å². The standard InChI is InChI=1S/C17H19N5O3S/c1-3-22-8-4-7-13(16(22)24)15-19-20-17(21(15)2)26-11-14(23)18-10-12-6-5-9-25-12/h4-9H,3,10-11H2,1-2H3,(H,18,23). The third-order valence-corrected chi connectivity index (χ3v) is 4.83. The lowest BCUT2D eigenvalue weighted by Gasteiger charge is -2.06. The van der Waals surface area contributed by atoms with Crippen molar-refractivity contribution in [3.8, 4) is 11.4 Å². The minimum Gasteiger partial charge on any atom is -0.467 e. The molecule has 3 heterocycles. The monoisotopic (exact) mass is 373 g/mol. The molecule has 0 aliphatic carbocycles. The van der Waals surface area contributed by atoms with Crippen LogP contribution in [-0.2, 0) is 24.9 Å². The minimum atomic E-state index is -0.135. The number of aromatic nitrogens is 4. The molecule has 0 aromatic carbocycles. The van der Waals surface area contributed by atoms with Crippen molar-refractivity contribution in [1.82, 2.24) is 24.6 Å². The SMILES string of the molecule is CCn1cccc(-c2nnc(SCC(=O)NCc3ccco3)n2C)c1=O. The van der Waals surface area contributed by atoms with Crippen LogP contribution < -0.4 is 10.9 Å². The molecule has 0 saturated carbocycles. The molecule has 0 aliphatic rings. The first-order valence-corrected chi connectivity index (χ1v) is 9.09. The second-order valence-corrected chi connectivity index (χ2v) is 6.47. The molecule has 8 nitrogen and oxygen atoms in total. The molecule has 9 heteroatoms. The smallest absolute Gasteiger partial charge is 0.261 e. The molecule has 0 aliphatic heterocycles. The normalized spacial score (nSPS) is 10.8. The van der Waals surface area contributed by atoms with Crippen LogP contribution in [0.15, 0.2) is 51.1 Å². The van der Waals surface area contributed by atoms with Gasteiger partial charge in [-0.1, -0.05) is 11.8 Å². The summed E-state index contributed by atoms with van der Waals surface area (Å²) < 4.78 is 8.50. The van der Waals surface area contributed by atoms with E-state index in [2.05, 4.69) is 15.5 Å². The Morgan fingerprint density at radius 1 is 1.31 bits per heavy atom. The maximum atomic E-state index is 12.4. The third-order valence-electron chi connectivity index (χ3n) is 3.81. The van der Waals surface area contributed by atoms with E-state index in [0.29, 0.717) is 35.4 Å². The van der Waals surface area contributed by atoms with Gasteiger partial charge >= 0.3 is 0 Å². The lowest BCUT2D eigenvalue weighted by atomic mass is 10.2. The van der Waals surface area contributed by atoms with E-state index in [1.165, 1.54) is 11.8 Å². The number of hydrogen-bond acceptors (Lipinski definition) is 6. The van der Waals surface area contributed by atoms with Gasteiger partial charge in [-0.2, -0.15) is 0 Å². The number of nitrogens with zero attached hydrogens (tertiary/aromatic N) is 4. The number of amides is 1. The molecule has 0 unspecified atom stereocenters. The van der Waals surface area contributed by atoms with Crippen molar-refractivity contribution in [2.75, 3.05) is 5.75 Å². The van der Waals surface area contributed by atoms with E-state index in [1.807, 2.05) is 13.0 Å². The summed E-state index contributed by atoms with van der Waals surface area (Å²) in [5.41, 5.74) is 0.372. The molecule has 0 saturated heterocycles. The fraction of sp³-hybridized carbons (Fsp3) is 0.294. The van der Waals surface area contributed by atoms with E-state index in [4.69, 9.17) is 4.42 Å². The van der Waals surface area contributed by atoms with Gasteiger partial charge in [0.05, 0.1) is 24.1 Å². The van der Waals surface area contributed by atoms with Gasteiger partial charge in [-0.05, 0) is 31.2 Å². The molecule has 136 valence electrons. The number of carbonyl (C=O) groups is 1. The van der Waals surface area contributed by atoms with Gasteiger partial charge in [0.1, 0.15) is 5.76 Å². The van der Waals surface area contributed by atoms with Crippen LogP contribution >= 0.6 is 11.8 Å². The second kappa shape index (κ2) is 8.05. The van der Waals surface area contributed by atoms with Gasteiger partial charge in [-0.25, -0.2) is 0 Å². The number of thioether (sulfide) groups is 1. The van der Waals surface area contributed by atoms with Gasteiger partial charge in [0, 0.05) is 19.8 Å². The fourth-order valence-corrected chi connectivity index (χ4v) is 3.15. The first-order valence-electron chi connectivity index (χ1n) is 8.11. The average molecular weight is 373 g/mol. The molecule has 3 aromatic heterocycles. The van der Waals surface area contributed by atoms with Gasteiger partial charge in [0.25, 0.3) is 5.56 Å². The van der Waals surface area contributed by atoms with Crippen molar-refractivity contribution in [3.05, 3.63) is 52.8 Å². The molecular formula is C17H19N5O3S. The molecule has 0 bridgehead atoms. The van der Waals surface area contributed by atoms with Crippen LogP contribution in [0.4, 0.5) is 0 Å². The first-order chi connectivity index (χ1) is 12.6. The summed E-state index contributed by atoms with van der Waals surface area (Å²) in [6, 6.07) is 7.10. The van der Waals surface area contributed by atoms with Gasteiger partial charge < -0.3 is 18.9 Å². The van der Waals surface area contributed by atoms with Crippen molar-refractivity contribution in [2.24, 2.45) is 7.05 Å². The van der Waals surface area contributed by atoms with Crippen LogP contribution in [0.5, 0.6) is 0 Å². The predicted octanol–water partition coefficient (Wildman–Crippen LogP) is 1.67. The summed E-state index contributed by atoms with van der Waals surface area (Å²) in [5.74, 6) is 1.24. The summed E-state index contributed by atoms with van der Waals surface area (Å²) >= 11 is 1.26. The lowest BCUT2D eigenvalue weighted by molar-refractivity contribution is -0.118. The highest BCUT2D eigenvalue weighted by Gasteiger charge is 2.16. The van der Waals surface area contributed by atoms with Crippen LogP contribution in [0.2, 0.25) is 0 Å². The molecule has 3 rings (SSSR count). The number of hydrogen-bond donors (Lipinski definition) is 1. The van der Waals surface area contributed by atoms with E-state index >= 15 is 0 Å². The quantitative estimate of drug-likeness (QED) is 0.633. The van der Waals surface area contributed by atoms with E-state index in [0.717, 1.165) is 0 Å². The van der Waals surface area contributed by atoms with Crippen molar-refractivity contribution in [1.29, 1.82) is 0 Å². The number of rotatable bonds is 7. The Balaban J connectivity index is 1.66. The van der Waals surface area contributed by atoms with Crippen molar-refractivity contribution in [2.45, 2.75) is 25.2 Å². The Morgan fingerprint density at radius 3 is 2.88 bits per heavy atom.